The van der Waals surface area contributed by atoms with Gasteiger partial charge in [0.2, 0.25) is 0 Å². The number of carbonyl (C=O) groups excluding carboxylic acids is 2. The third-order valence-electron chi connectivity index (χ3n) is 4.26. The average Bonchev–Trinajstić information content (AvgIpc) is 3.04. The zero-order chi connectivity index (χ0) is 18.4. The van der Waals surface area contributed by atoms with Gasteiger partial charge in [-0.15, -0.1) is 0 Å². The second-order valence-electron chi connectivity index (χ2n) is 6.50. The van der Waals surface area contributed by atoms with Gasteiger partial charge in [-0.3, -0.25) is 4.79 Å². The molecular formula is C19H27NO5. The number of methoxy groups -OCH3 is 1. The Labute approximate surface area is 148 Å². The molecule has 0 unspecified atom stereocenters. The Kier molecular flexibility index (Phi) is 6.28. The van der Waals surface area contributed by atoms with Crippen LogP contribution >= 0.6 is 0 Å². The van der Waals surface area contributed by atoms with Crippen LogP contribution < -0.4 is 14.8 Å². The van der Waals surface area contributed by atoms with E-state index in [-0.39, 0.29) is 18.0 Å². The van der Waals surface area contributed by atoms with E-state index < -0.39 is 5.54 Å². The van der Waals surface area contributed by atoms with Gasteiger partial charge in [-0.25, -0.2) is 4.79 Å². The van der Waals surface area contributed by atoms with Crippen molar-refractivity contribution in [3.8, 4) is 11.5 Å². The van der Waals surface area contributed by atoms with E-state index >= 15 is 0 Å². The molecule has 1 N–H and O–H groups in total. The number of nitrogens with one attached hydrogen (secondary N) is 1. The molecule has 1 fully saturated rings. The number of esters is 1. The monoisotopic (exact) mass is 349 g/mol. The molecule has 138 valence electrons. The maximum atomic E-state index is 12.7. The molecule has 1 saturated carbocycles. The van der Waals surface area contributed by atoms with Crippen LogP contribution in [0, 0.1) is 0 Å². The molecular weight excluding hydrogens is 322 g/mol. The zero-order valence-electron chi connectivity index (χ0n) is 15.4. The molecule has 6 heteroatoms. The molecule has 0 atom stereocenters. The molecule has 0 aliphatic heterocycles. The predicted octanol–water partition coefficient (Wildman–Crippen LogP) is 3.09. The van der Waals surface area contributed by atoms with Crippen molar-refractivity contribution in [3.63, 3.8) is 0 Å². The van der Waals surface area contributed by atoms with E-state index in [2.05, 4.69) is 5.32 Å². The lowest BCUT2D eigenvalue weighted by atomic mass is 9.97. The molecule has 6 nitrogen and oxygen atoms in total. The zero-order valence-corrected chi connectivity index (χ0v) is 15.4. The van der Waals surface area contributed by atoms with E-state index in [1.165, 1.54) is 7.11 Å². The van der Waals surface area contributed by atoms with Crippen LogP contribution in [0.3, 0.4) is 0 Å². The SMILES string of the molecule is CCOC(=O)C1(NC(=O)c2ccc(OC(C)C)c(OC)c2)CCCC1. The first-order valence-corrected chi connectivity index (χ1v) is 8.76. The van der Waals surface area contributed by atoms with Crippen LogP contribution in [-0.4, -0.2) is 37.2 Å². The van der Waals surface area contributed by atoms with Gasteiger partial charge >= 0.3 is 5.97 Å². The molecule has 1 aromatic carbocycles. The van der Waals surface area contributed by atoms with E-state index in [0.717, 1.165) is 12.8 Å². The van der Waals surface area contributed by atoms with Gasteiger partial charge in [0, 0.05) is 5.56 Å². The van der Waals surface area contributed by atoms with Crippen molar-refractivity contribution in [2.75, 3.05) is 13.7 Å². The Morgan fingerprint density at radius 1 is 1.20 bits per heavy atom. The highest BCUT2D eigenvalue weighted by Crippen LogP contribution is 2.33. The summed E-state index contributed by atoms with van der Waals surface area (Å²) in [7, 11) is 1.53. The lowest BCUT2D eigenvalue weighted by molar-refractivity contribution is -0.150. The minimum absolute atomic E-state index is 0.000788. The summed E-state index contributed by atoms with van der Waals surface area (Å²) in [5.41, 5.74) is -0.503. The van der Waals surface area contributed by atoms with E-state index in [1.54, 1.807) is 25.1 Å². The Balaban J connectivity index is 2.20. The fourth-order valence-corrected chi connectivity index (χ4v) is 3.08. The molecule has 25 heavy (non-hydrogen) atoms. The van der Waals surface area contributed by atoms with Crippen molar-refractivity contribution < 1.29 is 23.8 Å². The average molecular weight is 349 g/mol. The number of amides is 1. The lowest BCUT2D eigenvalue weighted by Gasteiger charge is -2.28. The summed E-state index contributed by atoms with van der Waals surface area (Å²) in [6.07, 6.45) is 2.98. The largest absolute Gasteiger partial charge is 0.493 e. The van der Waals surface area contributed by atoms with Crippen LogP contribution in [0.15, 0.2) is 18.2 Å². The van der Waals surface area contributed by atoms with Crippen LogP contribution in [0.25, 0.3) is 0 Å². The van der Waals surface area contributed by atoms with Gasteiger partial charge < -0.3 is 19.5 Å². The first-order chi connectivity index (χ1) is 11.9. The Hall–Kier alpha value is -2.24. The molecule has 2 rings (SSSR count). The quantitative estimate of drug-likeness (QED) is 0.766. The Morgan fingerprint density at radius 3 is 2.44 bits per heavy atom. The fraction of sp³-hybridized carbons (Fsp3) is 0.579. The number of carbonyl (C=O) groups is 2. The van der Waals surface area contributed by atoms with Gasteiger partial charge in [-0.1, -0.05) is 12.8 Å². The highest BCUT2D eigenvalue weighted by molar-refractivity contribution is 5.98. The van der Waals surface area contributed by atoms with E-state index in [9.17, 15) is 9.59 Å². The summed E-state index contributed by atoms with van der Waals surface area (Å²) in [5, 5.41) is 2.89. The first-order valence-electron chi connectivity index (χ1n) is 8.76. The summed E-state index contributed by atoms with van der Waals surface area (Å²) < 4.78 is 16.2. The van der Waals surface area contributed by atoms with Crippen LogP contribution in [0.2, 0.25) is 0 Å². The van der Waals surface area contributed by atoms with Gasteiger partial charge in [0.15, 0.2) is 11.5 Å². The van der Waals surface area contributed by atoms with Crippen LogP contribution in [0.4, 0.5) is 0 Å². The Morgan fingerprint density at radius 2 is 1.88 bits per heavy atom. The molecule has 0 aromatic heterocycles. The van der Waals surface area contributed by atoms with Crippen molar-refractivity contribution >= 4 is 11.9 Å². The molecule has 1 aliphatic carbocycles. The molecule has 1 aliphatic rings. The minimum atomic E-state index is -0.923. The molecule has 0 bridgehead atoms. The summed E-state index contributed by atoms with van der Waals surface area (Å²) in [6.45, 7) is 5.90. The predicted molar refractivity (Wildman–Crippen MR) is 94.1 cm³/mol. The lowest BCUT2D eigenvalue weighted by Crippen LogP contribution is -2.53. The molecule has 1 amide bonds. The van der Waals surface area contributed by atoms with E-state index in [0.29, 0.717) is 36.5 Å². The highest BCUT2D eigenvalue weighted by atomic mass is 16.5. The normalized spacial score (nSPS) is 15.7. The molecule has 1 aromatic rings. The smallest absolute Gasteiger partial charge is 0.331 e. The number of hydrogen-bond acceptors (Lipinski definition) is 5. The first kappa shape index (κ1) is 19.1. The van der Waals surface area contributed by atoms with Gasteiger partial charge in [0.1, 0.15) is 5.54 Å². The van der Waals surface area contributed by atoms with E-state index in [4.69, 9.17) is 14.2 Å². The number of ether oxygens (including phenoxy) is 3. The van der Waals surface area contributed by atoms with Crippen molar-refractivity contribution in [1.82, 2.24) is 5.32 Å². The standard InChI is InChI=1S/C19H27NO5/c1-5-24-18(22)19(10-6-7-11-19)20-17(21)14-8-9-15(25-13(2)3)16(12-14)23-4/h8-9,12-13H,5-7,10-11H2,1-4H3,(H,20,21). The molecule has 0 saturated heterocycles. The maximum absolute atomic E-state index is 12.7. The molecule has 0 heterocycles. The Bertz CT molecular complexity index is 620. The summed E-state index contributed by atoms with van der Waals surface area (Å²) >= 11 is 0. The fourth-order valence-electron chi connectivity index (χ4n) is 3.08. The topological polar surface area (TPSA) is 73.9 Å². The van der Waals surface area contributed by atoms with Gasteiger partial charge in [0.25, 0.3) is 5.91 Å². The van der Waals surface area contributed by atoms with E-state index in [1.807, 2.05) is 13.8 Å². The van der Waals surface area contributed by atoms with Crippen molar-refractivity contribution in [3.05, 3.63) is 23.8 Å². The minimum Gasteiger partial charge on any atom is -0.493 e. The molecule has 0 radical (unpaired) electrons. The maximum Gasteiger partial charge on any atom is 0.331 e. The van der Waals surface area contributed by atoms with Crippen molar-refractivity contribution in [2.24, 2.45) is 0 Å². The molecule has 0 spiro atoms. The van der Waals surface area contributed by atoms with Gasteiger partial charge in [-0.05, 0) is 51.8 Å². The van der Waals surface area contributed by atoms with Crippen LogP contribution in [0.5, 0.6) is 11.5 Å². The van der Waals surface area contributed by atoms with Gasteiger partial charge in [0.05, 0.1) is 19.8 Å². The third-order valence-corrected chi connectivity index (χ3v) is 4.26. The highest BCUT2D eigenvalue weighted by Gasteiger charge is 2.44. The summed E-state index contributed by atoms with van der Waals surface area (Å²) in [6, 6.07) is 5.00. The third kappa shape index (κ3) is 4.44. The van der Waals surface area contributed by atoms with Gasteiger partial charge in [-0.2, -0.15) is 0 Å². The van der Waals surface area contributed by atoms with Crippen molar-refractivity contribution in [1.29, 1.82) is 0 Å². The van der Waals surface area contributed by atoms with Crippen molar-refractivity contribution in [2.45, 2.75) is 58.1 Å². The van der Waals surface area contributed by atoms with Crippen LogP contribution in [0.1, 0.15) is 56.8 Å². The van der Waals surface area contributed by atoms with Crippen LogP contribution in [-0.2, 0) is 9.53 Å². The second kappa shape index (κ2) is 8.23. The summed E-state index contributed by atoms with van der Waals surface area (Å²) in [4.78, 5) is 25.1. The second-order valence-corrected chi connectivity index (χ2v) is 6.50. The summed E-state index contributed by atoms with van der Waals surface area (Å²) in [5.74, 6) is 0.393. The number of benzene rings is 1. The number of rotatable bonds is 7. The number of hydrogen-bond donors (Lipinski definition) is 1.